The van der Waals surface area contributed by atoms with Crippen LogP contribution in [-0.2, 0) is 11.8 Å². The molecule has 0 bridgehead atoms. The van der Waals surface area contributed by atoms with Gasteiger partial charge in [-0.15, -0.1) is 0 Å². The van der Waals surface area contributed by atoms with Crippen LogP contribution in [0.1, 0.15) is 29.2 Å². The summed E-state index contributed by atoms with van der Waals surface area (Å²) in [6, 6.07) is 32.1. The summed E-state index contributed by atoms with van der Waals surface area (Å²) >= 11 is 0. The molecule has 2 nitrogen and oxygen atoms in total. The van der Waals surface area contributed by atoms with E-state index in [9.17, 15) is 5.11 Å². The van der Waals surface area contributed by atoms with Gasteiger partial charge in [0.15, 0.2) is 0 Å². The van der Waals surface area contributed by atoms with Gasteiger partial charge in [0.2, 0.25) is 0 Å². The molecule has 0 aromatic heterocycles. The third-order valence-electron chi connectivity index (χ3n) is 6.01. The normalized spacial score (nSPS) is 22.8. The number of hydrogen-bond donors (Lipinski definition) is 1. The number of rotatable bonds is 6. The SMILES string of the molecule is OCC1(c2ccccc2)CCN(CCc2ccccc2)C1c1ccccc1. The Hall–Kier alpha value is -2.42. The molecule has 1 N–H and O–H groups in total. The predicted molar refractivity (Wildman–Crippen MR) is 111 cm³/mol. The zero-order valence-electron chi connectivity index (χ0n) is 15.7. The quantitative estimate of drug-likeness (QED) is 0.696. The van der Waals surface area contributed by atoms with E-state index >= 15 is 0 Å². The average Bonchev–Trinajstić information content (AvgIpc) is 3.14. The highest BCUT2D eigenvalue weighted by Gasteiger charge is 2.48. The fourth-order valence-electron chi connectivity index (χ4n) is 4.61. The highest BCUT2D eigenvalue weighted by molar-refractivity contribution is 5.36. The molecular weight excluding hydrogens is 330 g/mol. The number of hydrogen-bond acceptors (Lipinski definition) is 2. The molecule has 0 radical (unpaired) electrons. The zero-order valence-corrected chi connectivity index (χ0v) is 15.7. The van der Waals surface area contributed by atoms with Gasteiger partial charge in [-0.25, -0.2) is 0 Å². The maximum Gasteiger partial charge on any atom is 0.0546 e. The number of benzene rings is 3. The van der Waals surface area contributed by atoms with E-state index in [0.717, 1.165) is 25.9 Å². The molecule has 138 valence electrons. The topological polar surface area (TPSA) is 23.5 Å². The standard InChI is InChI=1S/C25H27NO/c27-20-25(23-14-8-3-9-15-23)17-19-26(18-16-21-10-4-1-5-11-21)24(25)22-12-6-2-7-13-22/h1-15,24,27H,16-20H2. The maximum absolute atomic E-state index is 10.6. The van der Waals surface area contributed by atoms with Gasteiger partial charge in [0.1, 0.15) is 0 Å². The summed E-state index contributed by atoms with van der Waals surface area (Å²) in [6.45, 7) is 2.17. The fourth-order valence-corrected chi connectivity index (χ4v) is 4.61. The Balaban J connectivity index is 1.68. The molecule has 3 aromatic rings. The van der Waals surface area contributed by atoms with Crippen molar-refractivity contribution >= 4 is 0 Å². The third-order valence-corrected chi connectivity index (χ3v) is 6.01. The van der Waals surface area contributed by atoms with Gasteiger partial charge in [-0.3, -0.25) is 4.90 Å². The second kappa shape index (κ2) is 8.08. The summed E-state index contributed by atoms with van der Waals surface area (Å²) in [4.78, 5) is 2.56. The van der Waals surface area contributed by atoms with Crippen molar-refractivity contribution in [3.05, 3.63) is 108 Å². The predicted octanol–water partition coefficient (Wildman–Crippen LogP) is 4.61. The molecular formula is C25H27NO. The Morgan fingerprint density at radius 1 is 0.815 bits per heavy atom. The van der Waals surface area contributed by atoms with Crippen molar-refractivity contribution in [2.24, 2.45) is 0 Å². The van der Waals surface area contributed by atoms with Gasteiger partial charge in [0.05, 0.1) is 6.61 Å². The van der Waals surface area contributed by atoms with Gasteiger partial charge >= 0.3 is 0 Å². The summed E-state index contributed by atoms with van der Waals surface area (Å²) < 4.78 is 0. The van der Waals surface area contributed by atoms with Crippen molar-refractivity contribution in [1.82, 2.24) is 4.90 Å². The molecule has 0 aliphatic carbocycles. The number of nitrogens with zero attached hydrogens (tertiary/aromatic N) is 1. The molecule has 4 rings (SSSR count). The lowest BCUT2D eigenvalue weighted by atomic mass is 9.72. The molecule has 1 fully saturated rings. The van der Waals surface area contributed by atoms with Crippen molar-refractivity contribution < 1.29 is 5.11 Å². The third kappa shape index (κ3) is 3.55. The van der Waals surface area contributed by atoms with Crippen LogP contribution < -0.4 is 0 Å². The Bertz CT molecular complexity index is 834. The lowest BCUT2D eigenvalue weighted by Crippen LogP contribution is -2.39. The number of likely N-dealkylation sites (tertiary alicyclic amines) is 1. The molecule has 1 saturated heterocycles. The van der Waals surface area contributed by atoms with E-state index in [2.05, 4.69) is 89.8 Å². The summed E-state index contributed by atoms with van der Waals surface area (Å²) in [5, 5.41) is 10.6. The van der Waals surface area contributed by atoms with Crippen LogP contribution in [0.4, 0.5) is 0 Å². The van der Waals surface area contributed by atoms with Gasteiger partial charge in [-0.05, 0) is 36.1 Å². The van der Waals surface area contributed by atoms with Crippen LogP contribution >= 0.6 is 0 Å². The highest BCUT2D eigenvalue weighted by Crippen LogP contribution is 2.48. The van der Waals surface area contributed by atoms with E-state index in [-0.39, 0.29) is 18.1 Å². The van der Waals surface area contributed by atoms with E-state index < -0.39 is 0 Å². The van der Waals surface area contributed by atoms with Crippen molar-refractivity contribution in [2.75, 3.05) is 19.7 Å². The van der Waals surface area contributed by atoms with Gasteiger partial charge in [0, 0.05) is 18.0 Å². The summed E-state index contributed by atoms with van der Waals surface area (Å²) in [7, 11) is 0. The minimum atomic E-state index is -0.251. The van der Waals surface area contributed by atoms with Crippen LogP contribution in [0.5, 0.6) is 0 Å². The first-order valence-corrected chi connectivity index (χ1v) is 9.83. The van der Waals surface area contributed by atoms with Crippen LogP contribution in [0.3, 0.4) is 0 Å². The van der Waals surface area contributed by atoms with Crippen molar-refractivity contribution in [1.29, 1.82) is 0 Å². The first-order chi connectivity index (χ1) is 13.3. The molecule has 0 amide bonds. The van der Waals surface area contributed by atoms with Crippen LogP contribution in [0.25, 0.3) is 0 Å². The highest BCUT2D eigenvalue weighted by atomic mass is 16.3. The summed E-state index contributed by atoms with van der Waals surface area (Å²) in [5.74, 6) is 0. The zero-order chi connectivity index (χ0) is 18.5. The van der Waals surface area contributed by atoms with Gasteiger partial charge in [-0.2, -0.15) is 0 Å². The van der Waals surface area contributed by atoms with Crippen molar-refractivity contribution in [2.45, 2.75) is 24.3 Å². The average molecular weight is 357 g/mol. The van der Waals surface area contributed by atoms with Gasteiger partial charge < -0.3 is 5.11 Å². The van der Waals surface area contributed by atoms with E-state index in [1.54, 1.807) is 0 Å². The molecule has 1 aliphatic rings. The van der Waals surface area contributed by atoms with Crippen molar-refractivity contribution in [3.8, 4) is 0 Å². The maximum atomic E-state index is 10.6. The molecule has 1 aliphatic heterocycles. The lowest BCUT2D eigenvalue weighted by Gasteiger charge is -2.38. The number of aliphatic hydroxyl groups is 1. The van der Waals surface area contributed by atoms with E-state index in [0.29, 0.717) is 0 Å². The first kappa shape index (κ1) is 18.0. The molecule has 2 unspecified atom stereocenters. The van der Waals surface area contributed by atoms with Crippen molar-refractivity contribution in [3.63, 3.8) is 0 Å². The minimum absolute atomic E-state index is 0.165. The number of aliphatic hydroxyl groups excluding tert-OH is 1. The summed E-state index contributed by atoms with van der Waals surface area (Å²) in [6.07, 6.45) is 2.00. The van der Waals surface area contributed by atoms with E-state index in [1.807, 2.05) is 6.07 Å². The molecule has 2 heteroatoms. The largest absolute Gasteiger partial charge is 0.395 e. The fraction of sp³-hybridized carbons (Fsp3) is 0.280. The molecule has 1 heterocycles. The van der Waals surface area contributed by atoms with Crippen LogP contribution in [0, 0.1) is 0 Å². The molecule has 0 spiro atoms. The molecule has 3 aromatic carbocycles. The Labute approximate surface area is 162 Å². The Kier molecular flexibility index (Phi) is 5.38. The Morgan fingerprint density at radius 3 is 2.04 bits per heavy atom. The molecule has 0 saturated carbocycles. The molecule has 27 heavy (non-hydrogen) atoms. The molecule has 2 atom stereocenters. The monoisotopic (exact) mass is 357 g/mol. The first-order valence-electron chi connectivity index (χ1n) is 9.83. The van der Waals surface area contributed by atoms with Crippen LogP contribution in [-0.4, -0.2) is 29.7 Å². The van der Waals surface area contributed by atoms with Gasteiger partial charge in [0.25, 0.3) is 0 Å². The van der Waals surface area contributed by atoms with Crippen LogP contribution in [0.2, 0.25) is 0 Å². The lowest BCUT2D eigenvalue weighted by molar-refractivity contribution is 0.136. The minimum Gasteiger partial charge on any atom is -0.395 e. The van der Waals surface area contributed by atoms with Gasteiger partial charge in [-0.1, -0.05) is 91.0 Å². The van der Waals surface area contributed by atoms with E-state index in [4.69, 9.17) is 0 Å². The Morgan fingerprint density at radius 2 is 1.41 bits per heavy atom. The van der Waals surface area contributed by atoms with E-state index in [1.165, 1.54) is 16.7 Å². The summed E-state index contributed by atoms with van der Waals surface area (Å²) in [5.41, 5.74) is 3.65. The van der Waals surface area contributed by atoms with Crippen LogP contribution in [0.15, 0.2) is 91.0 Å². The smallest absolute Gasteiger partial charge is 0.0546 e. The second-order valence-electron chi connectivity index (χ2n) is 7.52. The second-order valence-corrected chi connectivity index (χ2v) is 7.52.